The van der Waals surface area contributed by atoms with Gasteiger partial charge in [-0.15, -0.1) is 0 Å². The van der Waals surface area contributed by atoms with E-state index in [0.717, 1.165) is 12.8 Å². The normalized spacial score (nSPS) is 15.4. The first-order valence-electron chi connectivity index (χ1n) is 15.8. The number of fused-ring (bicyclic) bond motifs is 5. The van der Waals surface area contributed by atoms with Gasteiger partial charge in [0, 0.05) is 0 Å². The third-order valence-corrected chi connectivity index (χ3v) is 10.3. The Balaban J connectivity index is 1.38. The van der Waals surface area contributed by atoms with Crippen LogP contribution in [0.25, 0.3) is 56.0 Å². The van der Waals surface area contributed by atoms with E-state index in [-0.39, 0.29) is 0 Å². The Hall–Kier alpha value is -5.20. The second-order valence-corrected chi connectivity index (χ2v) is 12.9. The van der Waals surface area contributed by atoms with Crippen molar-refractivity contribution >= 4 is 56.0 Å². The molecule has 0 nitrogen and oxygen atoms in total. The molecule has 0 aliphatic heterocycles. The smallest absolute Gasteiger partial charge is 0.000740 e. The van der Waals surface area contributed by atoms with E-state index in [9.17, 15) is 0 Å². The summed E-state index contributed by atoms with van der Waals surface area (Å²) in [4.78, 5) is 0. The van der Waals surface area contributed by atoms with Gasteiger partial charge in [0.15, 0.2) is 0 Å². The Morgan fingerprint density at radius 1 is 0.409 bits per heavy atom. The molecule has 0 unspecified atom stereocenters. The van der Waals surface area contributed by atoms with Crippen LogP contribution in [-0.2, 0) is 12.8 Å². The molecule has 0 amide bonds. The molecular weight excluding hydrogens is 528 g/mol. The Kier molecular flexibility index (Phi) is 4.79. The van der Waals surface area contributed by atoms with E-state index in [1.54, 1.807) is 0 Å². The van der Waals surface area contributed by atoms with Gasteiger partial charge in [-0.2, -0.15) is 0 Å². The van der Waals surface area contributed by atoms with Crippen molar-refractivity contribution in [2.45, 2.75) is 26.7 Å². The fraction of sp³-hybridized carbons (Fsp3) is 0.0909. The van der Waals surface area contributed by atoms with E-state index in [0.29, 0.717) is 0 Å². The van der Waals surface area contributed by atoms with Crippen molar-refractivity contribution in [3.63, 3.8) is 0 Å². The first-order chi connectivity index (χ1) is 21.7. The predicted molar refractivity (Wildman–Crippen MR) is 188 cm³/mol. The molecule has 0 saturated carbocycles. The van der Waals surface area contributed by atoms with Crippen molar-refractivity contribution in [2.24, 2.45) is 0 Å². The van der Waals surface area contributed by atoms with Gasteiger partial charge < -0.3 is 0 Å². The lowest BCUT2D eigenvalue weighted by atomic mass is 9.84. The van der Waals surface area contributed by atoms with Gasteiger partial charge in [0.1, 0.15) is 0 Å². The third-order valence-electron chi connectivity index (χ3n) is 10.3. The number of hydrogen-bond acceptors (Lipinski definition) is 0. The summed E-state index contributed by atoms with van der Waals surface area (Å²) in [5, 5.41) is 5.53. The minimum atomic E-state index is 0.993. The summed E-state index contributed by atoms with van der Waals surface area (Å²) in [5.74, 6) is 0. The van der Waals surface area contributed by atoms with Crippen LogP contribution >= 0.6 is 0 Å². The standard InChI is InChI=1S/C44H30/c1-25-15-19-35-37(23-25)41(33-21-17-29-9-3-7-27-11-5-13-31(33)39(27)29)44-36-20-16-26(2)24-38(36)42(43(35)44)34-22-18-30-10-4-8-28-12-6-14-32(34)40(28)30/h3-7,10-24H,8-9H2,1-2H3. The molecule has 0 radical (unpaired) electrons. The molecule has 0 atom stereocenters. The summed E-state index contributed by atoms with van der Waals surface area (Å²) in [6.45, 7) is 4.46. The minimum Gasteiger partial charge on any atom is -0.0795 e. The van der Waals surface area contributed by atoms with Gasteiger partial charge in [-0.05, 0) is 126 Å². The summed E-state index contributed by atoms with van der Waals surface area (Å²) in [5.41, 5.74) is 21.7. The lowest BCUT2D eigenvalue weighted by Crippen LogP contribution is -1.99. The number of rotatable bonds is 2. The molecule has 0 fully saturated rings. The van der Waals surface area contributed by atoms with Crippen LogP contribution in [0.5, 0.6) is 0 Å². The van der Waals surface area contributed by atoms with Crippen LogP contribution in [0.2, 0.25) is 0 Å². The molecule has 0 saturated heterocycles. The van der Waals surface area contributed by atoms with Crippen molar-refractivity contribution in [3.05, 3.63) is 176 Å². The molecule has 4 aliphatic carbocycles. The van der Waals surface area contributed by atoms with E-state index in [1.807, 2.05) is 0 Å². The summed E-state index contributed by atoms with van der Waals surface area (Å²) < 4.78 is 0. The molecule has 6 aromatic rings. The summed E-state index contributed by atoms with van der Waals surface area (Å²) in [7, 11) is 0. The molecule has 0 heterocycles. The zero-order valence-electron chi connectivity index (χ0n) is 25.0. The summed E-state index contributed by atoms with van der Waals surface area (Å²) in [6.07, 6.45) is 11.2. The highest BCUT2D eigenvalue weighted by atomic mass is 14.4. The number of aryl methyl sites for hydroxylation is 2. The maximum atomic E-state index is 2.42. The minimum absolute atomic E-state index is 0.993. The molecule has 0 aromatic heterocycles. The van der Waals surface area contributed by atoms with Crippen molar-refractivity contribution in [1.29, 1.82) is 0 Å². The lowest BCUT2D eigenvalue weighted by Gasteiger charge is -2.19. The number of hydrogen-bond donors (Lipinski definition) is 0. The quantitative estimate of drug-likeness (QED) is 0.198. The van der Waals surface area contributed by atoms with E-state index in [1.165, 1.54) is 111 Å². The van der Waals surface area contributed by atoms with Crippen molar-refractivity contribution in [3.8, 4) is 0 Å². The van der Waals surface area contributed by atoms with Gasteiger partial charge in [0.25, 0.3) is 0 Å². The van der Waals surface area contributed by atoms with Crippen molar-refractivity contribution in [1.82, 2.24) is 0 Å². The fourth-order valence-corrected chi connectivity index (χ4v) is 8.48. The van der Waals surface area contributed by atoms with Crippen LogP contribution < -0.4 is 0 Å². The molecule has 0 N–H and O–H groups in total. The van der Waals surface area contributed by atoms with Gasteiger partial charge in [0.05, 0.1) is 0 Å². The zero-order chi connectivity index (χ0) is 29.1. The van der Waals surface area contributed by atoms with E-state index >= 15 is 0 Å². The van der Waals surface area contributed by atoms with Gasteiger partial charge >= 0.3 is 0 Å². The number of allylic oxidation sites excluding steroid dienone is 4. The highest BCUT2D eigenvalue weighted by Gasteiger charge is 2.38. The van der Waals surface area contributed by atoms with Crippen molar-refractivity contribution in [2.75, 3.05) is 0 Å². The van der Waals surface area contributed by atoms with Gasteiger partial charge in [-0.25, -0.2) is 0 Å². The number of benzene rings is 6. The highest BCUT2D eigenvalue weighted by molar-refractivity contribution is 6.37. The second kappa shape index (κ2) is 8.68. The van der Waals surface area contributed by atoms with E-state index < -0.39 is 0 Å². The maximum Gasteiger partial charge on any atom is -0.000740 e. The SMILES string of the molecule is Cc1ccc2c(c1)C(c1ccc3c4c(cccc14)CC=C3)=C1C2=C(c2ccc3c4c(cccc24)C=CC3)c2cc(C)ccc21. The van der Waals surface area contributed by atoms with Gasteiger partial charge in [-0.3, -0.25) is 0 Å². The monoisotopic (exact) mass is 558 g/mol. The van der Waals surface area contributed by atoms with E-state index in [4.69, 9.17) is 0 Å². The average Bonchev–Trinajstić information content (AvgIpc) is 3.53. The first kappa shape index (κ1) is 24.3. The molecule has 10 rings (SSSR count). The summed E-state index contributed by atoms with van der Waals surface area (Å²) >= 11 is 0. The Labute approximate surface area is 258 Å². The third kappa shape index (κ3) is 3.13. The van der Waals surface area contributed by atoms with Gasteiger partial charge in [0.2, 0.25) is 0 Å². The molecule has 0 spiro atoms. The predicted octanol–water partition coefficient (Wildman–Crippen LogP) is 11.0. The zero-order valence-corrected chi connectivity index (χ0v) is 25.0. The van der Waals surface area contributed by atoms with Crippen molar-refractivity contribution < 1.29 is 0 Å². The molecular formula is C44H30. The van der Waals surface area contributed by atoms with Gasteiger partial charge in [-0.1, -0.05) is 132 Å². The van der Waals surface area contributed by atoms with Crippen LogP contribution in [0.15, 0.2) is 109 Å². The van der Waals surface area contributed by atoms with Crippen LogP contribution in [0.4, 0.5) is 0 Å². The first-order valence-corrected chi connectivity index (χ1v) is 15.8. The molecule has 4 aliphatic rings. The molecule has 44 heavy (non-hydrogen) atoms. The van der Waals surface area contributed by atoms with Crippen LogP contribution in [0.1, 0.15) is 66.8 Å². The molecule has 0 bridgehead atoms. The van der Waals surface area contributed by atoms with E-state index in [2.05, 4.69) is 135 Å². The topological polar surface area (TPSA) is 0 Å². The molecule has 0 heteroatoms. The lowest BCUT2D eigenvalue weighted by molar-refractivity contribution is 1.29. The molecule has 6 aromatic carbocycles. The average molecular weight is 559 g/mol. The second-order valence-electron chi connectivity index (χ2n) is 12.9. The Morgan fingerprint density at radius 3 is 1.52 bits per heavy atom. The Morgan fingerprint density at radius 2 is 0.909 bits per heavy atom. The largest absolute Gasteiger partial charge is 0.0795 e. The Bertz CT molecular complexity index is 2310. The fourth-order valence-electron chi connectivity index (χ4n) is 8.48. The van der Waals surface area contributed by atoms with Crippen LogP contribution in [0, 0.1) is 13.8 Å². The molecule has 206 valence electrons. The van der Waals surface area contributed by atoms with Crippen LogP contribution in [0.3, 0.4) is 0 Å². The highest BCUT2D eigenvalue weighted by Crippen LogP contribution is 2.60. The summed E-state index contributed by atoms with van der Waals surface area (Å²) in [6, 6.07) is 37.4. The maximum absolute atomic E-state index is 2.42. The van der Waals surface area contributed by atoms with Crippen LogP contribution in [-0.4, -0.2) is 0 Å².